The highest BCUT2D eigenvalue weighted by molar-refractivity contribution is 7.98. The number of hydrogen-bond acceptors (Lipinski definition) is 3. The predicted molar refractivity (Wildman–Crippen MR) is 75.7 cm³/mol. The molecule has 3 heteroatoms. The van der Waals surface area contributed by atoms with Crippen molar-refractivity contribution in [3.05, 3.63) is 35.6 Å². The van der Waals surface area contributed by atoms with Crippen molar-refractivity contribution in [1.29, 1.82) is 0 Å². The van der Waals surface area contributed by atoms with Crippen LogP contribution < -0.4 is 5.32 Å². The Kier molecular flexibility index (Phi) is 4.51. The molecule has 92 valence electrons. The predicted octanol–water partition coefficient (Wildman–Crippen LogP) is 3.45. The first-order chi connectivity index (χ1) is 8.36. The molecule has 0 atom stereocenters. The summed E-state index contributed by atoms with van der Waals surface area (Å²) in [6.07, 6.45) is 3.08. The normalized spacial score (nSPS) is 11.2. The third-order valence-corrected chi connectivity index (χ3v) is 3.50. The number of fused-ring (bicyclic) bond motifs is 1. The fraction of sp³-hybridized carbons (Fsp3) is 0.429. The maximum Gasteiger partial charge on any atom is 0.134 e. The Hall–Kier alpha value is -0.930. The molecule has 2 aromatic rings. The first-order valence-corrected chi connectivity index (χ1v) is 7.45. The van der Waals surface area contributed by atoms with Gasteiger partial charge < -0.3 is 9.73 Å². The van der Waals surface area contributed by atoms with E-state index in [0.29, 0.717) is 0 Å². The van der Waals surface area contributed by atoms with Crippen molar-refractivity contribution in [2.75, 3.05) is 18.6 Å². The van der Waals surface area contributed by atoms with Gasteiger partial charge in [0.2, 0.25) is 0 Å². The molecule has 0 aliphatic heterocycles. The van der Waals surface area contributed by atoms with Crippen molar-refractivity contribution < 1.29 is 4.42 Å². The van der Waals surface area contributed by atoms with Crippen molar-refractivity contribution in [3.63, 3.8) is 0 Å². The summed E-state index contributed by atoms with van der Waals surface area (Å²) in [5, 5.41) is 4.73. The van der Waals surface area contributed by atoms with Crippen LogP contribution in [0.25, 0.3) is 11.0 Å². The van der Waals surface area contributed by atoms with Gasteiger partial charge in [0.15, 0.2) is 0 Å². The maximum absolute atomic E-state index is 5.86. The van der Waals surface area contributed by atoms with Crippen LogP contribution in [0.5, 0.6) is 0 Å². The van der Waals surface area contributed by atoms with Gasteiger partial charge in [-0.3, -0.25) is 0 Å². The second kappa shape index (κ2) is 6.12. The summed E-state index contributed by atoms with van der Waals surface area (Å²) in [5.41, 5.74) is 2.33. The Labute approximate surface area is 107 Å². The monoisotopic (exact) mass is 249 g/mol. The molecule has 0 spiro atoms. The zero-order valence-corrected chi connectivity index (χ0v) is 11.3. The molecule has 2 rings (SSSR count). The summed E-state index contributed by atoms with van der Waals surface area (Å²) < 4.78 is 5.86. The van der Waals surface area contributed by atoms with E-state index in [9.17, 15) is 0 Å². The van der Waals surface area contributed by atoms with Gasteiger partial charge in [-0.25, -0.2) is 0 Å². The molecule has 0 amide bonds. The maximum atomic E-state index is 5.86. The minimum Gasteiger partial charge on any atom is -0.461 e. The summed E-state index contributed by atoms with van der Waals surface area (Å²) in [6.45, 7) is 4.09. The number of hydrogen-bond donors (Lipinski definition) is 1. The summed E-state index contributed by atoms with van der Waals surface area (Å²) in [5.74, 6) is 2.26. The van der Waals surface area contributed by atoms with E-state index in [1.165, 1.54) is 10.9 Å². The standard InChI is InChI=1S/C14H19NOS/c1-3-13-12(10-15-8-9-17-2)11-6-4-5-7-14(11)16-13/h4-7,15H,3,8-10H2,1-2H3. The number of nitrogens with one attached hydrogen (secondary N) is 1. The molecule has 0 aliphatic rings. The number of benzene rings is 1. The highest BCUT2D eigenvalue weighted by Gasteiger charge is 2.11. The zero-order valence-electron chi connectivity index (χ0n) is 10.5. The molecule has 1 aromatic heterocycles. The lowest BCUT2D eigenvalue weighted by atomic mass is 10.1. The lowest BCUT2D eigenvalue weighted by molar-refractivity contribution is 0.545. The number of furan rings is 1. The van der Waals surface area contributed by atoms with Crippen LogP contribution in [0, 0.1) is 0 Å². The Bertz CT molecular complexity index is 478. The van der Waals surface area contributed by atoms with Crippen molar-refractivity contribution in [1.82, 2.24) is 5.32 Å². The number of thioether (sulfide) groups is 1. The second-order valence-corrected chi connectivity index (χ2v) is 5.01. The van der Waals surface area contributed by atoms with Crippen LogP contribution >= 0.6 is 11.8 Å². The van der Waals surface area contributed by atoms with E-state index < -0.39 is 0 Å². The lowest BCUT2D eigenvalue weighted by Gasteiger charge is -2.03. The van der Waals surface area contributed by atoms with Crippen LogP contribution in [0.15, 0.2) is 28.7 Å². The lowest BCUT2D eigenvalue weighted by Crippen LogP contribution is -2.16. The van der Waals surface area contributed by atoms with Gasteiger partial charge in [0.05, 0.1) is 0 Å². The van der Waals surface area contributed by atoms with Gasteiger partial charge in [-0.05, 0) is 12.3 Å². The number of para-hydroxylation sites is 1. The zero-order chi connectivity index (χ0) is 12.1. The first kappa shape index (κ1) is 12.5. The summed E-state index contributed by atoms with van der Waals surface area (Å²) in [6, 6.07) is 8.28. The molecule has 0 bridgehead atoms. The van der Waals surface area contributed by atoms with Crippen molar-refractivity contribution in [2.45, 2.75) is 19.9 Å². The average molecular weight is 249 g/mol. The molecule has 0 aliphatic carbocycles. The van der Waals surface area contributed by atoms with Gasteiger partial charge in [0, 0.05) is 36.2 Å². The van der Waals surface area contributed by atoms with E-state index in [-0.39, 0.29) is 0 Å². The summed E-state index contributed by atoms with van der Waals surface area (Å²) in [7, 11) is 0. The quantitative estimate of drug-likeness (QED) is 0.794. The van der Waals surface area contributed by atoms with Crippen LogP contribution in [-0.2, 0) is 13.0 Å². The summed E-state index contributed by atoms with van der Waals surface area (Å²) in [4.78, 5) is 0. The Morgan fingerprint density at radius 1 is 1.29 bits per heavy atom. The van der Waals surface area contributed by atoms with E-state index in [0.717, 1.165) is 36.6 Å². The van der Waals surface area contributed by atoms with Crippen LogP contribution in [0.4, 0.5) is 0 Å². The average Bonchev–Trinajstić information content (AvgIpc) is 2.73. The van der Waals surface area contributed by atoms with Crippen LogP contribution in [0.2, 0.25) is 0 Å². The molecule has 0 radical (unpaired) electrons. The fourth-order valence-corrected chi connectivity index (χ4v) is 2.36. The SMILES string of the molecule is CCc1oc2ccccc2c1CNCCSC. The fourth-order valence-electron chi connectivity index (χ4n) is 2.02. The van der Waals surface area contributed by atoms with E-state index in [4.69, 9.17) is 4.42 Å². The highest BCUT2D eigenvalue weighted by Crippen LogP contribution is 2.25. The topological polar surface area (TPSA) is 25.2 Å². The van der Waals surface area contributed by atoms with Gasteiger partial charge >= 0.3 is 0 Å². The number of rotatable bonds is 6. The minimum atomic E-state index is 0.904. The van der Waals surface area contributed by atoms with E-state index in [1.807, 2.05) is 23.9 Å². The third kappa shape index (κ3) is 2.85. The summed E-state index contributed by atoms with van der Waals surface area (Å²) >= 11 is 1.87. The van der Waals surface area contributed by atoms with Gasteiger partial charge in [-0.2, -0.15) is 11.8 Å². The largest absolute Gasteiger partial charge is 0.461 e. The Morgan fingerprint density at radius 2 is 2.12 bits per heavy atom. The van der Waals surface area contributed by atoms with Gasteiger partial charge in [-0.1, -0.05) is 25.1 Å². The molecular formula is C14H19NOS. The molecule has 0 unspecified atom stereocenters. The molecule has 17 heavy (non-hydrogen) atoms. The van der Waals surface area contributed by atoms with Crippen LogP contribution in [-0.4, -0.2) is 18.6 Å². The van der Waals surface area contributed by atoms with Crippen LogP contribution in [0.1, 0.15) is 18.2 Å². The number of aryl methyl sites for hydroxylation is 1. The smallest absolute Gasteiger partial charge is 0.134 e. The first-order valence-electron chi connectivity index (χ1n) is 6.05. The van der Waals surface area contributed by atoms with Gasteiger partial charge in [0.1, 0.15) is 11.3 Å². The minimum absolute atomic E-state index is 0.904. The van der Waals surface area contributed by atoms with Gasteiger partial charge in [0.25, 0.3) is 0 Å². The molecule has 1 N–H and O–H groups in total. The molecule has 0 saturated heterocycles. The van der Waals surface area contributed by atoms with Crippen molar-refractivity contribution in [3.8, 4) is 0 Å². The highest BCUT2D eigenvalue weighted by atomic mass is 32.2. The molecule has 0 fully saturated rings. The van der Waals surface area contributed by atoms with E-state index in [2.05, 4.69) is 30.6 Å². The van der Waals surface area contributed by atoms with Gasteiger partial charge in [-0.15, -0.1) is 0 Å². The second-order valence-electron chi connectivity index (χ2n) is 4.02. The van der Waals surface area contributed by atoms with Crippen LogP contribution in [0.3, 0.4) is 0 Å². The molecule has 0 saturated carbocycles. The molecule has 1 heterocycles. The Balaban J connectivity index is 2.18. The molecular weight excluding hydrogens is 230 g/mol. The van der Waals surface area contributed by atoms with Crippen molar-refractivity contribution >= 4 is 22.7 Å². The Morgan fingerprint density at radius 3 is 2.88 bits per heavy atom. The van der Waals surface area contributed by atoms with Crippen molar-refractivity contribution in [2.24, 2.45) is 0 Å². The molecule has 2 nitrogen and oxygen atoms in total. The third-order valence-electron chi connectivity index (χ3n) is 2.89. The van der Waals surface area contributed by atoms with E-state index >= 15 is 0 Å². The molecule has 1 aromatic carbocycles. The van der Waals surface area contributed by atoms with E-state index in [1.54, 1.807) is 0 Å².